The summed E-state index contributed by atoms with van der Waals surface area (Å²) in [4.78, 5) is 0. The van der Waals surface area contributed by atoms with Crippen LogP contribution in [-0.4, -0.2) is 20.7 Å². The van der Waals surface area contributed by atoms with Crippen molar-refractivity contribution in [1.82, 2.24) is 9.78 Å². The molecule has 0 bridgehead atoms. The largest absolute Gasteiger partial charge is 0.488 e. The molecule has 0 saturated heterocycles. The summed E-state index contributed by atoms with van der Waals surface area (Å²) in [6.45, 7) is 1.88. The molecule has 2 rings (SSSR count). The molecule has 0 amide bonds. The second-order valence-electron chi connectivity index (χ2n) is 4.14. The van der Waals surface area contributed by atoms with Crippen LogP contribution >= 0.6 is 0 Å². The number of hydrogen-bond donors (Lipinski definition) is 1. The Kier molecular flexibility index (Phi) is 3.79. The number of hydrogen-bond acceptors (Lipinski definition) is 4. The normalized spacial score (nSPS) is 11.6. The van der Waals surface area contributed by atoms with Crippen molar-refractivity contribution in [2.45, 2.75) is 13.5 Å². The van der Waals surface area contributed by atoms with Gasteiger partial charge in [0, 0.05) is 30.4 Å². The molecule has 1 aromatic heterocycles. The number of oxime groups is 1. The van der Waals surface area contributed by atoms with Crippen molar-refractivity contribution in [2.24, 2.45) is 12.2 Å². The van der Waals surface area contributed by atoms with Crippen LogP contribution < -0.4 is 4.74 Å². The molecule has 0 spiro atoms. The molecular weight excluding hydrogens is 249 g/mol. The van der Waals surface area contributed by atoms with Gasteiger partial charge < -0.3 is 9.94 Å². The van der Waals surface area contributed by atoms with Crippen LogP contribution in [0.1, 0.15) is 18.1 Å². The summed E-state index contributed by atoms with van der Waals surface area (Å²) in [5.41, 5.74) is 1.78. The molecule has 1 N–H and O–H groups in total. The van der Waals surface area contributed by atoms with Gasteiger partial charge in [-0.1, -0.05) is 5.16 Å². The Morgan fingerprint density at radius 2 is 2.32 bits per heavy atom. The smallest absolute Gasteiger partial charge is 0.131 e. The molecular formula is C13H14FN3O2. The molecule has 0 aliphatic rings. The Morgan fingerprint density at radius 1 is 1.53 bits per heavy atom. The van der Waals surface area contributed by atoms with E-state index >= 15 is 0 Å². The summed E-state index contributed by atoms with van der Waals surface area (Å²) >= 11 is 0. The number of aryl methyl sites for hydroxylation is 1. The number of nitrogens with zero attached hydrogens (tertiary/aromatic N) is 3. The predicted octanol–water partition coefficient (Wildman–Crippen LogP) is 2.34. The van der Waals surface area contributed by atoms with Gasteiger partial charge in [-0.2, -0.15) is 5.10 Å². The lowest BCUT2D eigenvalue weighted by atomic mass is 10.1. The van der Waals surface area contributed by atoms with Crippen molar-refractivity contribution < 1.29 is 14.3 Å². The predicted molar refractivity (Wildman–Crippen MR) is 67.9 cm³/mol. The number of benzene rings is 1. The Morgan fingerprint density at radius 3 is 2.95 bits per heavy atom. The van der Waals surface area contributed by atoms with Gasteiger partial charge in [-0.15, -0.1) is 0 Å². The molecule has 1 heterocycles. The Labute approximate surface area is 109 Å². The molecule has 0 fully saturated rings. The van der Waals surface area contributed by atoms with Gasteiger partial charge in [0.15, 0.2) is 0 Å². The summed E-state index contributed by atoms with van der Waals surface area (Å²) in [6, 6.07) is 4.07. The summed E-state index contributed by atoms with van der Waals surface area (Å²) in [7, 11) is 1.81. The third kappa shape index (κ3) is 3.09. The molecule has 100 valence electrons. The van der Waals surface area contributed by atoms with Crippen LogP contribution in [0.3, 0.4) is 0 Å². The quantitative estimate of drug-likeness (QED) is 0.523. The summed E-state index contributed by atoms with van der Waals surface area (Å²) in [5, 5.41) is 15.9. The minimum absolute atomic E-state index is 0.267. The molecule has 0 radical (unpaired) electrons. The highest BCUT2D eigenvalue weighted by Gasteiger charge is 2.09. The highest BCUT2D eigenvalue weighted by atomic mass is 19.1. The second-order valence-corrected chi connectivity index (χ2v) is 4.14. The average molecular weight is 263 g/mol. The Balaban J connectivity index is 2.21. The van der Waals surface area contributed by atoms with Crippen molar-refractivity contribution in [2.75, 3.05) is 0 Å². The lowest BCUT2D eigenvalue weighted by Gasteiger charge is -2.10. The number of halogens is 1. The summed E-state index contributed by atoms with van der Waals surface area (Å²) < 4.78 is 20.5. The minimum Gasteiger partial charge on any atom is -0.488 e. The van der Waals surface area contributed by atoms with Gasteiger partial charge in [-0.25, -0.2) is 4.39 Å². The molecule has 2 aromatic rings. The topological polar surface area (TPSA) is 59.6 Å². The maximum Gasteiger partial charge on any atom is 0.131 e. The van der Waals surface area contributed by atoms with Crippen LogP contribution in [0, 0.1) is 5.82 Å². The first-order valence-electron chi connectivity index (χ1n) is 5.69. The van der Waals surface area contributed by atoms with E-state index in [4.69, 9.17) is 9.94 Å². The Bertz CT molecular complexity index is 608. The van der Waals surface area contributed by atoms with Gasteiger partial charge in [-0.05, 0) is 19.1 Å². The average Bonchev–Trinajstić information content (AvgIpc) is 2.81. The molecule has 6 heteroatoms. The fraction of sp³-hybridized carbons (Fsp3) is 0.231. The lowest BCUT2D eigenvalue weighted by molar-refractivity contribution is 0.301. The van der Waals surface area contributed by atoms with E-state index < -0.39 is 5.82 Å². The molecule has 0 aliphatic heterocycles. The van der Waals surface area contributed by atoms with Crippen molar-refractivity contribution in [3.8, 4) is 5.75 Å². The molecule has 5 nitrogen and oxygen atoms in total. The highest BCUT2D eigenvalue weighted by Crippen LogP contribution is 2.22. The maximum atomic E-state index is 13.2. The van der Waals surface area contributed by atoms with E-state index in [0.29, 0.717) is 17.0 Å². The van der Waals surface area contributed by atoms with Crippen LogP contribution in [0.4, 0.5) is 4.39 Å². The fourth-order valence-corrected chi connectivity index (χ4v) is 1.68. The van der Waals surface area contributed by atoms with E-state index in [9.17, 15) is 4.39 Å². The third-order valence-corrected chi connectivity index (χ3v) is 2.64. The molecule has 1 aromatic carbocycles. The van der Waals surface area contributed by atoms with Gasteiger partial charge in [0.1, 0.15) is 18.2 Å². The van der Waals surface area contributed by atoms with Crippen LogP contribution in [-0.2, 0) is 13.7 Å². The maximum absolute atomic E-state index is 13.2. The van der Waals surface area contributed by atoms with E-state index in [-0.39, 0.29) is 6.61 Å². The molecule has 0 saturated carbocycles. The first kappa shape index (κ1) is 13.1. The first-order valence-corrected chi connectivity index (χ1v) is 5.69. The number of ether oxygens (including phenoxy) is 1. The van der Waals surface area contributed by atoms with Crippen molar-refractivity contribution >= 4 is 5.71 Å². The molecule has 0 atom stereocenters. The number of aromatic nitrogens is 2. The van der Waals surface area contributed by atoms with Gasteiger partial charge in [0.25, 0.3) is 0 Å². The minimum atomic E-state index is -0.407. The van der Waals surface area contributed by atoms with Crippen molar-refractivity contribution in [1.29, 1.82) is 0 Å². The fourth-order valence-electron chi connectivity index (χ4n) is 1.68. The highest BCUT2D eigenvalue weighted by molar-refractivity contribution is 6.00. The van der Waals surface area contributed by atoms with Gasteiger partial charge >= 0.3 is 0 Å². The first-order chi connectivity index (χ1) is 9.10. The van der Waals surface area contributed by atoms with E-state index in [2.05, 4.69) is 10.3 Å². The van der Waals surface area contributed by atoms with E-state index in [0.717, 1.165) is 5.56 Å². The van der Waals surface area contributed by atoms with Crippen LogP contribution in [0.5, 0.6) is 5.75 Å². The SMILES string of the molecule is CC(=NO)c1ccc(F)cc1OCc1cnn(C)c1. The molecule has 0 aliphatic carbocycles. The zero-order valence-electron chi connectivity index (χ0n) is 10.7. The van der Waals surface area contributed by atoms with Crippen molar-refractivity contribution in [3.05, 3.63) is 47.5 Å². The third-order valence-electron chi connectivity index (χ3n) is 2.64. The summed E-state index contributed by atoms with van der Waals surface area (Å²) in [5.74, 6) is -0.0742. The van der Waals surface area contributed by atoms with Crippen LogP contribution in [0.25, 0.3) is 0 Å². The zero-order valence-corrected chi connectivity index (χ0v) is 10.7. The van der Waals surface area contributed by atoms with E-state index in [1.807, 2.05) is 6.20 Å². The molecule has 0 unspecified atom stereocenters. The Hall–Kier alpha value is -2.37. The van der Waals surface area contributed by atoms with Crippen LogP contribution in [0.15, 0.2) is 35.7 Å². The van der Waals surface area contributed by atoms with Gasteiger partial charge in [0.05, 0.1) is 11.9 Å². The van der Waals surface area contributed by atoms with Crippen LogP contribution in [0.2, 0.25) is 0 Å². The zero-order chi connectivity index (χ0) is 13.8. The van der Waals surface area contributed by atoms with Gasteiger partial charge in [0.2, 0.25) is 0 Å². The molecule has 19 heavy (non-hydrogen) atoms. The standard InChI is InChI=1S/C13H14FN3O2/c1-9(16-18)12-4-3-11(14)5-13(12)19-8-10-6-15-17(2)7-10/h3-7,18H,8H2,1-2H3. The van der Waals surface area contributed by atoms with E-state index in [1.165, 1.54) is 18.2 Å². The monoisotopic (exact) mass is 263 g/mol. The van der Waals surface area contributed by atoms with Crippen molar-refractivity contribution in [3.63, 3.8) is 0 Å². The summed E-state index contributed by atoms with van der Waals surface area (Å²) in [6.07, 6.45) is 3.48. The lowest BCUT2D eigenvalue weighted by Crippen LogP contribution is -2.03. The number of rotatable bonds is 4. The van der Waals surface area contributed by atoms with Gasteiger partial charge in [-0.3, -0.25) is 4.68 Å². The second kappa shape index (κ2) is 5.51. The van der Waals surface area contributed by atoms with E-state index in [1.54, 1.807) is 24.9 Å².